The summed E-state index contributed by atoms with van der Waals surface area (Å²) in [5.41, 5.74) is 0. The van der Waals surface area contributed by atoms with Crippen LogP contribution < -0.4 is 9.86 Å². The molecule has 0 aromatic heterocycles. The third kappa shape index (κ3) is 6.18. The van der Waals surface area contributed by atoms with E-state index in [0.717, 1.165) is 0 Å². The van der Waals surface area contributed by atoms with Crippen LogP contribution in [0.3, 0.4) is 0 Å². The first-order chi connectivity index (χ1) is 3.42. The average Bonchev–Trinajstić information content (AvgIpc) is 1.21. The summed E-state index contributed by atoms with van der Waals surface area (Å²) in [5, 5.41) is 4.53. The van der Waals surface area contributed by atoms with Crippen LogP contribution in [-0.2, 0) is 10.2 Å². The zero-order valence-corrected chi connectivity index (χ0v) is 6.86. The molecule has 0 heterocycles. The van der Waals surface area contributed by atoms with Gasteiger partial charge in [-0.25, -0.2) is 5.14 Å². The summed E-state index contributed by atoms with van der Waals surface area (Å²) in [5.74, 6) is 0. The summed E-state index contributed by atoms with van der Waals surface area (Å²) in [6.45, 7) is 3.26. The van der Waals surface area contributed by atoms with Gasteiger partial charge in [0.1, 0.15) is 0 Å². The minimum Gasteiger partial charge on any atom is -0.266 e. The monoisotopic (exact) mass is 248 g/mol. The number of rotatable bonds is 2. The molecule has 0 unspecified atom stereocenters. The van der Waals surface area contributed by atoms with Crippen molar-refractivity contribution in [1.82, 2.24) is 4.72 Å². The lowest BCUT2D eigenvalue weighted by Gasteiger charge is -1.96. The van der Waals surface area contributed by atoms with Crippen molar-refractivity contribution in [3.8, 4) is 0 Å². The smallest absolute Gasteiger partial charge is 0.266 e. The van der Waals surface area contributed by atoms with E-state index in [-0.39, 0.29) is 3.70 Å². The highest BCUT2D eigenvalue weighted by Crippen LogP contribution is 1.94. The first-order valence-electron chi connectivity index (χ1n) is 1.57. The van der Waals surface area contributed by atoms with Gasteiger partial charge in [0.2, 0.25) is 0 Å². The van der Waals surface area contributed by atoms with E-state index in [9.17, 15) is 8.42 Å². The summed E-state index contributed by atoms with van der Waals surface area (Å²) in [7, 11) is -3.58. The molecule has 0 bridgehead atoms. The van der Waals surface area contributed by atoms with E-state index in [1.807, 2.05) is 4.72 Å². The van der Waals surface area contributed by atoms with Gasteiger partial charge in [-0.1, -0.05) is 6.58 Å². The predicted octanol–water partition coefficient (Wildman–Crippen LogP) is -0.314. The zero-order chi connectivity index (χ0) is 6.78. The molecule has 0 atom stereocenters. The van der Waals surface area contributed by atoms with Crippen LogP contribution in [0.25, 0.3) is 0 Å². The molecule has 3 N–H and O–H groups in total. The third-order valence-electron chi connectivity index (χ3n) is 0.253. The molecule has 0 aliphatic carbocycles. The number of nitrogens with one attached hydrogen (secondary N) is 1. The number of halogens is 1. The molecule has 0 aromatic rings. The molecule has 48 valence electrons. The molecule has 0 saturated heterocycles. The zero-order valence-electron chi connectivity index (χ0n) is 3.89. The highest BCUT2D eigenvalue weighted by molar-refractivity contribution is 14.1. The molecule has 0 aliphatic rings. The van der Waals surface area contributed by atoms with Crippen LogP contribution in [0.1, 0.15) is 0 Å². The average molecular weight is 248 g/mol. The molecule has 0 fully saturated rings. The fourth-order valence-electron chi connectivity index (χ4n) is 0.154. The Morgan fingerprint density at radius 2 is 2.12 bits per heavy atom. The van der Waals surface area contributed by atoms with E-state index >= 15 is 0 Å². The van der Waals surface area contributed by atoms with Crippen molar-refractivity contribution in [2.45, 2.75) is 0 Å². The second kappa shape index (κ2) is 2.65. The summed E-state index contributed by atoms with van der Waals surface area (Å²) in [6.07, 6.45) is 0. The van der Waals surface area contributed by atoms with Crippen LogP contribution in [0, 0.1) is 0 Å². The Morgan fingerprint density at radius 3 is 2.12 bits per heavy atom. The van der Waals surface area contributed by atoms with Crippen LogP contribution in [-0.4, -0.2) is 8.42 Å². The molecule has 0 aromatic carbocycles. The number of nitrogens with two attached hydrogens (primary N) is 1. The van der Waals surface area contributed by atoms with Gasteiger partial charge in [0.15, 0.2) is 0 Å². The van der Waals surface area contributed by atoms with E-state index in [4.69, 9.17) is 0 Å². The normalized spacial score (nSPS) is 10.8. The van der Waals surface area contributed by atoms with Crippen molar-refractivity contribution in [1.29, 1.82) is 0 Å². The molecule has 0 spiro atoms. The van der Waals surface area contributed by atoms with E-state index in [0.29, 0.717) is 0 Å². The topological polar surface area (TPSA) is 72.2 Å². The Hall–Kier alpha value is 0.180. The molecular formula is C2H5IN2O2S. The maximum atomic E-state index is 10.0. The molecule has 0 radical (unpaired) electrons. The number of hydrogen-bond donors (Lipinski definition) is 2. The predicted molar refractivity (Wildman–Crippen MR) is 39.4 cm³/mol. The largest absolute Gasteiger partial charge is 0.296 e. The van der Waals surface area contributed by atoms with Crippen molar-refractivity contribution in [3.63, 3.8) is 0 Å². The molecule has 0 amide bonds. The quantitative estimate of drug-likeness (QED) is 0.519. The van der Waals surface area contributed by atoms with E-state index in [2.05, 4.69) is 11.7 Å². The second-order valence-corrected chi connectivity index (χ2v) is 3.65. The van der Waals surface area contributed by atoms with Gasteiger partial charge in [-0.05, 0) is 22.6 Å². The summed E-state index contributed by atoms with van der Waals surface area (Å²) in [4.78, 5) is 0. The Balaban J connectivity index is 3.95. The summed E-state index contributed by atoms with van der Waals surface area (Å²) >= 11 is 1.70. The lowest BCUT2D eigenvalue weighted by Crippen LogP contribution is -2.27. The van der Waals surface area contributed by atoms with Gasteiger partial charge >= 0.3 is 0 Å². The van der Waals surface area contributed by atoms with Gasteiger partial charge in [0, 0.05) is 0 Å². The molecular weight excluding hydrogens is 243 g/mol. The van der Waals surface area contributed by atoms with Gasteiger partial charge < -0.3 is 0 Å². The van der Waals surface area contributed by atoms with Gasteiger partial charge in [0.25, 0.3) is 10.2 Å². The van der Waals surface area contributed by atoms with Crippen LogP contribution in [0.2, 0.25) is 0 Å². The van der Waals surface area contributed by atoms with Crippen LogP contribution in [0.5, 0.6) is 0 Å². The maximum Gasteiger partial charge on any atom is 0.296 e. The van der Waals surface area contributed by atoms with E-state index in [1.54, 1.807) is 22.6 Å². The third-order valence-corrected chi connectivity index (χ3v) is 1.42. The molecule has 0 rings (SSSR count). The van der Waals surface area contributed by atoms with Crippen molar-refractivity contribution in [2.75, 3.05) is 0 Å². The SMILES string of the molecule is C=C(I)NS(N)(=O)=O. The Kier molecular flexibility index (Phi) is 2.71. The van der Waals surface area contributed by atoms with Crippen LogP contribution >= 0.6 is 22.6 Å². The second-order valence-electron chi connectivity index (χ2n) is 1.05. The van der Waals surface area contributed by atoms with Gasteiger partial charge in [-0.3, -0.25) is 4.72 Å². The fraction of sp³-hybridized carbons (Fsp3) is 0. The standard InChI is InChI=1S/C2H5IN2O2S/c1-2(3)5-8(4,6)7/h5H,1H2,(H2,4,6,7). The maximum absolute atomic E-state index is 10.0. The Labute approximate surface area is 61.5 Å². The van der Waals surface area contributed by atoms with Crippen molar-refractivity contribution in [2.24, 2.45) is 5.14 Å². The minimum atomic E-state index is -3.58. The van der Waals surface area contributed by atoms with Crippen LogP contribution in [0.4, 0.5) is 0 Å². The van der Waals surface area contributed by atoms with Gasteiger partial charge in [0.05, 0.1) is 3.70 Å². The Bertz CT molecular complexity index is 184. The summed E-state index contributed by atoms with van der Waals surface area (Å²) in [6, 6.07) is 0. The lowest BCUT2D eigenvalue weighted by atomic mass is 11.1. The Morgan fingerprint density at radius 1 is 1.75 bits per heavy atom. The van der Waals surface area contributed by atoms with Crippen LogP contribution in [0.15, 0.2) is 10.3 Å². The van der Waals surface area contributed by atoms with Gasteiger partial charge in [-0.15, -0.1) is 0 Å². The van der Waals surface area contributed by atoms with E-state index < -0.39 is 10.2 Å². The highest BCUT2D eigenvalue weighted by Gasteiger charge is 1.97. The summed E-state index contributed by atoms with van der Waals surface area (Å²) < 4.78 is 22.3. The lowest BCUT2D eigenvalue weighted by molar-refractivity contribution is 0.592. The number of hydrogen-bond acceptors (Lipinski definition) is 2. The van der Waals surface area contributed by atoms with Gasteiger partial charge in [-0.2, -0.15) is 8.42 Å². The molecule has 6 heteroatoms. The highest BCUT2D eigenvalue weighted by atomic mass is 127. The molecule has 8 heavy (non-hydrogen) atoms. The van der Waals surface area contributed by atoms with Crippen molar-refractivity contribution >= 4 is 32.8 Å². The van der Waals surface area contributed by atoms with E-state index in [1.165, 1.54) is 0 Å². The first-order valence-corrected chi connectivity index (χ1v) is 4.19. The molecule has 4 nitrogen and oxygen atoms in total. The van der Waals surface area contributed by atoms with Crippen molar-refractivity contribution < 1.29 is 8.42 Å². The van der Waals surface area contributed by atoms with Crippen molar-refractivity contribution in [3.05, 3.63) is 10.3 Å². The fourth-order valence-corrected chi connectivity index (χ4v) is 1.38. The minimum absolute atomic E-state index is 0.283. The first kappa shape index (κ1) is 8.18. The molecule has 0 saturated carbocycles. The molecule has 0 aliphatic heterocycles.